The molecule has 2 atom stereocenters. The predicted molar refractivity (Wildman–Crippen MR) is 63.6 cm³/mol. The summed E-state index contributed by atoms with van der Waals surface area (Å²) in [7, 11) is 0. The van der Waals surface area contributed by atoms with Gasteiger partial charge in [-0.25, -0.2) is 4.39 Å². The summed E-state index contributed by atoms with van der Waals surface area (Å²) < 4.78 is 19.0. The van der Waals surface area contributed by atoms with Crippen molar-refractivity contribution in [2.24, 2.45) is 11.7 Å². The van der Waals surface area contributed by atoms with E-state index in [0.29, 0.717) is 18.1 Å². The van der Waals surface area contributed by atoms with E-state index in [4.69, 9.17) is 10.5 Å². The van der Waals surface area contributed by atoms with E-state index in [9.17, 15) is 4.39 Å². The average Bonchev–Trinajstić information content (AvgIpc) is 2.25. The summed E-state index contributed by atoms with van der Waals surface area (Å²) >= 11 is 0. The number of ether oxygens (including phenoxy) is 1. The van der Waals surface area contributed by atoms with Gasteiger partial charge < -0.3 is 10.5 Å². The van der Waals surface area contributed by atoms with E-state index in [0.717, 1.165) is 0 Å². The normalized spacial score (nSPS) is 15.1. The fourth-order valence-electron chi connectivity index (χ4n) is 1.31. The standard InChI is InChI=1S/C13H20FNO/c1-9(2)10(3)16-8-13(15)11-6-4-5-7-12(11)14/h4-7,9-10,13H,8,15H2,1-3H3. The first-order chi connectivity index (χ1) is 7.52. The number of benzene rings is 1. The van der Waals surface area contributed by atoms with Gasteiger partial charge in [-0.05, 0) is 18.9 Å². The summed E-state index contributed by atoms with van der Waals surface area (Å²) in [6.07, 6.45) is 0.137. The van der Waals surface area contributed by atoms with Gasteiger partial charge in [0.15, 0.2) is 0 Å². The first kappa shape index (κ1) is 13.1. The molecule has 0 spiro atoms. The van der Waals surface area contributed by atoms with Crippen molar-refractivity contribution in [3.05, 3.63) is 35.6 Å². The van der Waals surface area contributed by atoms with Gasteiger partial charge in [0.2, 0.25) is 0 Å². The van der Waals surface area contributed by atoms with Gasteiger partial charge in [0.05, 0.1) is 18.8 Å². The molecule has 0 aliphatic carbocycles. The Balaban J connectivity index is 2.53. The molecule has 3 heteroatoms. The molecule has 2 nitrogen and oxygen atoms in total. The molecule has 0 bridgehead atoms. The minimum absolute atomic E-state index is 0.137. The molecule has 1 rings (SSSR count). The minimum Gasteiger partial charge on any atom is -0.376 e. The lowest BCUT2D eigenvalue weighted by Crippen LogP contribution is -2.24. The molecule has 0 aromatic heterocycles. The maximum atomic E-state index is 13.4. The Morgan fingerprint density at radius 2 is 1.88 bits per heavy atom. The zero-order valence-electron chi connectivity index (χ0n) is 10.1. The molecule has 0 aliphatic heterocycles. The zero-order chi connectivity index (χ0) is 12.1. The number of hydrogen-bond acceptors (Lipinski definition) is 2. The second-order valence-electron chi connectivity index (χ2n) is 4.41. The van der Waals surface area contributed by atoms with E-state index < -0.39 is 6.04 Å². The molecule has 0 saturated heterocycles. The van der Waals surface area contributed by atoms with Crippen molar-refractivity contribution < 1.29 is 9.13 Å². The molecular formula is C13H20FNO. The third-order valence-corrected chi connectivity index (χ3v) is 2.78. The highest BCUT2D eigenvalue weighted by Crippen LogP contribution is 2.16. The highest BCUT2D eigenvalue weighted by Gasteiger charge is 2.14. The largest absolute Gasteiger partial charge is 0.376 e. The van der Waals surface area contributed by atoms with Crippen LogP contribution in [0.4, 0.5) is 4.39 Å². The summed E-state index contributed by atoms with van der Waals surface area (Å²) in [5.41, 5.74) is 6.39. The Morgan fingerprint density at radius 3 is 2.44 bits per heavy atom. The van der Waals surface area contributed by atoms with Crippen molar-refractivity contribution in [3.63, 3.8) is 0 Å². The Bertz CT molecular complexity index is 327. The molecule has 1 aromatic carbocycles. The highest BCUT2D eigenvalue weighted by atomic mass is 19.1. The number of rotatable bonds is 5. The molecule has 16 heavy (non-hydrogen) atoms. The Hall–Kier alpha value is -0.930. The van der Waals surface area contributed by atoms with Gasteiger partial charge in [-0.1, -0.05) is 32.0 Å². The molecular weight excluding hydrogens is 205 g/mol. The number of nitrogens with two attached hydrogens (primary N) is 1. The van der Waals surface area contributed by atoms with Crippen LogP contribution in [-0.2, 0) is 4.74 Å². The topological polar surface area (TPSA) is 35.2 Å². The van der Waals surface area contributed by atoms with Crippen LogP contribution in [0.1, 0.15) is 32.4 Å². The van der Waals surface area contributed by atoms with E-state index >= 15 is 0 Å². The van der Waals surface area contributed by atoms with Gasteiger partial charge in [-0.2, -0.15) is 0 Å². The summed E-state index contributed by atoms with van der Waals surface area (Å²) in [6, 6.07) is 6.15. The summed E-state index contributed by atoms with van der Waals surface area (Å²) in [5, 5.41) is 0. The molecule has 90 valence electrons. The van der Waals surface area contributed by atoms with E-state index in [-0.39, 0.29) is 11.9 Å². The third-order valence-electron chi connectivity index (χ3n) is 2.78. The van der Waals surface area contributed by atoms with Crippen molar-refractivity contribution in [1.29, 1.82) is 0 Å². The summed E-state index contributed by atoms with van der Waals surface area (Å²) in [6.45, 7) is 6.51. The molecule has 0 heterocycles. The molecule has 2 N–H and O–H groups in total. The average molecular weight is 225 g/mol. The third kappa shape index (κ3) is 3.58. The smallest absolute Gasteiger partial charge is 0.128 e. The SMILES string of the molecule is CC(C)C(C)OCC(N)c1ccccc1F. The maximum absolute atomic E-state index is 13.4. The Kier molecular flexibility index (Phi) is 4.90. The van der Waals surface area contributed by atoms with Crippen molar-refractivity contribution in [2.45, 2.75) is 32.9 Å². The van der Waals surface area contributed by atoms with Crippen LogP contribution in [0, 0.1) is 11.7 Å². The Labute approximate surface area is 96.6 Å². The molecule has 0 aliphatic rings. The zero-order valence-corrected chi connectivity index (χ0v) is 10.1. The van der Waals surface area contributed by atoms with Crippen molar-refractivity contribution >= 4 is 0 Å². The van der Waals surface area contributed by atoms with E-state index in [1.165, 1.54) is 6.07 Å². The van der Waals surface area contributed by atoms with Gasteiger partial charge in [0.25, 0.3) is 0 Å². The fourth-order valence-corrected chi connectivity index (χ4v) is 1.31. The Morgan fingerprint density at radius 1 is 1.25 bits per heavy atom. The van der Waals surface area contributed by atoms with Crippen LogP contribution in [0.5, 0.6) is 0 Å². The van der Waals surface area contributed by atoms with Crippen LogP contribution >= 0.6 is 0 Å². The molecule has 0 radical (unpaired) electrons. The van der Waals surface area contributed by atoms with Gasteiger partial charge in [0, 0.05) is 5.56 Å². The molecule has 0 fully saturated rings. The number of halogens is 1. The first-order valence-electron chi connectivity index (χ1n) is 5.64. The molecule has 0 amide bonds. The predicted octanol–water partition coefficient (Wildman–Crippen LogP) is 2.89. The fraction of sp³-hybridized carbons (Fsp3) is 0.538. The van der Waals surface area contributed by atoms with E-state index in [1.54, 1.807) is 18.2 Å². The molecule has 0 saturated carbocycles. The highest BCUT2D eigenvalue weighted by molar-refractivity contribution is 5.20. The van der Waals surface area contributed by atoms with E-state index in [2.05, 4.69) is 13.8 Å². The maximum Gasteiger partial charge on any atom is 0.128 e. The van der Waals surface area contributed by atoms with Crippen molar-refractivity contribution in [3.8, 4) is 0 Å². The van der Waals surface area contributed by atoms with Gasteiger partial charge >= 0.3 is 0 Å². The second-order valence-corrected chi connectivity index (χ2v) is 4.41. The molecule has 1 aromatic rings. The van der Waals surface area contributed by atoms with Crippen LogP contribution in [0.3, 0.4) is 0 Å². The van der Waals surface area contributed by atoms with Gasteiger partial charge in [-0.15, -0.1) is 0 Å². The van der Waals surface area contributed by atoms with Crippen molar-refractivity contribution in [2.75, 3.05) is 6.61 Å². The van der Waals surface area contributed by atoms with Crippen LogP contribution in [0.15, 0.2) is 24.3 Å². The molecule has 2 unspecified atom stereocenters. The van der Waals surface area contributed by atoms with Crippen LogP contribution in [-0.4, -0.2) is 12.7 Å². The summed E-state index contributed by atoms with van der Waals surface area (Å²) in [4.78, 5) is 0. The monoisotopic (exact) mass is 225 g/mol. The number of hydrogen-bond donors (Lipinski definition) is 1. The van der Waals surface area contributed by atoms with Crippen LogP contribution < -0.4 is 5.73 Å². The quantitative estimate of drug-likeness (QED) is 0.836. The second kappa shape index (κ2) is 5.97. The van der Waals surface area contributed by atoms with Gasteiger partial charge in [-0.3, -0.25) is 0 Å². The van der Waals surface area contributed by atoms with Gasteiger partial charge in [0.1, 0.15) is 5.82 Å². The van der Waals surface area contributed by atoms with Crippen molar-refractivity contribution in [1.82, 2.24) is 0 Å². The van der Waals surface area contributed by atoms with E-state index in [1.807, 2.05) is 6.92 Å². The lowest BCUT2D eigenvalue weighted by atomic mass is 10.1. The lowest BCUT2D eigenvalue weighted by molar-refractivity contribution is 0.0268. The summed E-state index contributed by atoms with van der Waals surface area (Å²) in [5.74, 6) is 0.170. The first-order valence-corrected chi connectivity index (χ1v) is 5.64. The van der Waals surface area contributed by atoms with Crippen LogP contribution in [0.25, 0.3) is 0 Å². The van der Waals surface area contributed by atoms with Crippen LogP contribution in [0.2, 0.25) is 0 Å². The minimum atomic E-state index is -0.401. The lowest BCUT2D eigenvalue weighted by Gasteiger charge is -2.20.